The highest BCUT2D eigenvalue weighted by atomic mass is 79.9. The SMILES string of the molecule is CC1CCN(C(=O)c2cc(F)c(F)c(F)c2)C1CBr. The highest BCUT2D eigenvalue weighted by Gasteiger charge is 2.34. The van der Waals surface area contributed by atoms with Crippen molar-refractivity contribution in [1.82, 2.24) is 4.90 Å². The van der Waals surface area contributed by atoms with Gasteiger partial charge in [0.15, 0.2) is 17.5 Å². The van der Waals surface area contributed by atoms with Crippen LogP contribution in [0.2, 0.25) is 0 Å². The largest absolute Gasteiger partial charge is 0.335 e. The van der Waals surface area contributed by atoms with Crippen LogP contribution >= 0.6 is 15.9 Å². The molecule has 0 N–H and O–H groups in total. The normalized spacial score (nSPS) is 22.9. The molecule has 2 unspecified atom stereocenters. The summed E-state index contributed by atoms with van der Waals surface area (Å²) < 4.78 is 39.2. The second-order valence-corrected chi connectivity index (χ2v) is 5.39. The standard InChI is InChI=1S/C13H13BrF3NO/c1-7-2-3-18(11(7)6-14)13(19)8-4-9(15)12(17)10(16)5-8/h4-5,7,11H,2-3,6H2,1H3. The molecule has 0 saturated carbocycles. The van der Waals surface area contributed by atoms with E-state index in [0.717, 1.165) is 18.6 Å². The average Bonchev–Trinajstić information content (AvgIpc) is 2.75. The second-order valence-electron chi connectivity index (χ2n) is 4.74. The monoisotopic (exact) mass is 335 g/mol. The van der Waals surface area contributed by atoms with Crippen LogP contribution in [-0.2, 0) is 0 Å². The summed E-state index contributed by atoms with van der Waals surface area (Å²) in [6.45, 7) is 2.56. The molecule has 1 aromatic carbocycles. The maximum Gasteiger partial charge on any atom is 0.254 e. The molecule has 2 rings (SSSR count). The van der Waals surface area contributed by atoms with Crippen LogP contribution < -0.4 is 0 Å². The molecule has 0 spiro atoms. The van der Waals surface area contributed by atoms with Gasteiger partial charge < -0.3 is 4.90 Å². The zero-order valence-corrected chi connectivity index (χ0v) is 11.9. The molecule has 104 valence electrons. The fourth-order valence-corrected chi connectivity index (χ4v) is 3.33. The van der Waals surface area contributed by atoms with Gasteiger partial charge in [0.05, 0.1) is 0 Å². The number of carbonyl (C=O) groups is 1. The molecule has 0 radical (unpaired) electrons. The van der Waals surface area contributed by atoms with Crippen LogP contribution in [0.1, 0.15) is 23.7 Å². The van der Waals surface area contributed by atoms with E-state index in [-0.39, 0.29) is 11.6 Å². The molecule has 1 aromatic rings. The van der Waals surface area contributed by atoms with Crippen LogP contribution in [0, 0.1) is 23.4 Å². The van der Waals surface area contributed by atoms with Gasteiger partial charge in [0.25, 0.3) is 5.91 Å². The molecule has 1 heterocycles. The van der Waals surface area contributed by atoms with Crippen molar-refractivity contribution in [1.29, 1.82) is 0 Å². The molecule has 1 aliphatic heterocycles. The second kappa shape index (κ2) is 5.53. The smallest absolute Gasteiger partial charge is 0.254 e. The van der Waals surface area contributed by atoms with E-state index in [1.54, 1.807) is 4.90 Å². The number of hydrogen-bond acceptors (Lipinski definition) is 1. The Balaban J connectivity index is 2.30. The molecule has 1 fully saturated rings. The van der Waals surface area contributed by atoms with Crippen LogP contribution in [0.4, 0.5) is 13.2 Å². The van der Waals surface area contributed by atoms with E-state index >= 15 is 0 Å². The van der Waals surface area contributed by atoms with Gasteiger partial charge in [-0.3, -0.25) is 4.79 Å². The number of hydrogen-bond donors (Lipinski definition) is 0. The molecule has 1 amide bonds. The van der Waals surface area contributed by atoms with E-state index in [1.165, 1.54) is 0 Å². The maximum atomic E-state index is 13.1. The van der Waals surface area contributed by atoms with Crippen molar-refractivity contribution >= 4 is 21.8 Å². The molecule has 6 heteroatoms. The highest BCUT2D eigenvalue weighted by Crippen LogP contribution is 2.27. The third-order valence-electron chi connectivity index (χ3n) is 3.53. The summed E-state index contributed by atoms with van der Waals surface area (Å²) in [5, 5.41) is 0.603. The molecular weight excluding hydrogens is 323 g/mol. The Hall–Kier alpha value is -1.04. The quantitative estimate of drug-likeness (QED) is 0.599. The van der Waals surface area contributed by atoms with E-state index in [9.17, 15) is 18.0 Å². The van der Waals surface area contributed by atoms with Crippen molar-refractivity contribution in [2.24, 2.45) is 5.92 Å². The Morgan fingerprint density at radius 3 is 2.47 bits per heavy atom. The minimum atomic E-state index is -1.55. The lowest BCUT2D eigenvalue weighted by Gasteiger charge is -2.25. The Kier molecular flexibility index (Phi) is 4.18. The van der Waals surface area contributed by atoms with E-state index in [2.05, 4.69) is 15.9 Å². The number of likely N-dealkylation sites (tertiary alicyclic amines) is 1. The number of rotatable bonds is 2. The van der Waals surface area contributed by atoms with Crippen LogP contribution in [0.15, 0.2) is 12.1 Å². The molecular formula is C13H13BrF3NO. The fraction of sp³-hybridized carbons (Fsp3) is 0.462. The summed E-state index contributed by atoms with van der Waals surface area (Å²) in [5.74, 6) is -4.38. The molecule has 1 aliphatic rings. The lowest BCUT2D eigenvalue weighted by molar-refractivity contribution is 0.0737. The molecule has 2 nitrogen and oxygen atoms in total. The summed E-state index contributed by atoms with van der Waals surface area (Å²) >= 11 is 3.34. The van der Waals surface area contributed by atoms with Gasteiger partial charge >= 0.3 is 0 Å². The first-order valence-corrected chi connectivity index (χ1v) is 7.09. The number of halogens is 4. The van der Waals surface area contributed by atoms with Gasteiger partial charge in [-0.25, -0.2) is 13.2 Å². The van der Waals surface area contributed by atoms with E-state index in [0.29, 0.717) is 17.8 Å². The number of alkyl halides is 1. The number of amides is 1. The van der Waals surface area contributed by atoms with Crippen molar-refractivity contribution in [3.8, 4) is 0 Å². The topological polar surface area (TPSA) is 20.3 Å². The van der Waals surface area contributed by atoms with E-state index in [4.69, 9.17) is 0 Å². The molecule has 0 aliphatic carbocycles. The first-order valence-electron chi connectivity index (χ1n) is 5.97. The first-order chi connectivity index (χ1) is 8.95. The van der Waals surface area contributed by atoms with Crippen molar-refractivity contribution in [3.63, 3.8) is 0 Å². The van der Waals surface area contributed by atoms with E-state index < -0.39 is 23.4 Å². The Bertz CT molecular complexity index is 486. The zero-order valence-electron chi connectivity index (χ0n) is 10.3. The Morgan fingerprint density at radius 2 is 1.95 bits per heavy atom. The molecule has 19 heavy (non-hydrogen) atoms. The summed E-state index contributed by atoms with van der Waals surface area (Å²) in [7, 11) is 0. The van der Waals surface area contributed by atoms with Gasteiger partial charge in [-0.2, -0.15) is 0 Å². The molecule has 2 atom stereocenters. The first kappa shape index (κ1) is 14.4. The van der Waals surface area contributed by atoms with Gasteiger partial charge in [-0.05, 0) is 24.5 Å². The lowest BCUT2D eigenvalue weighted by Crippen LogP contribution is -2.38. The van der Waals surface area contributed by atoms with Crippen molar-refractivity contribution in [2.75, 3.05) is 11.9 Å². The summed E-state index contributed by atoms with van der Waals surface area (Å²) in [6.07, 6.45) is 0.841. The van der Waals surface area contributed by atoms with Crippen LogP contribution in [0.5, 0.6) is 0 Å². The van der Waals surface area contributed by atoms with Gasteiger partial charge in [0.1, 0.15) is 0 Å². The number of benzene rings is 1. The Labute approximate surface area is 117 Å². The predicted molar refractivity (Wildman–Crippen MR) is 68.7 cm³/mol. The lowest BCUT2D eigenvalue weighted by atomic mass is 10.0. The average molecular weight is 336 g/mol. The Morgan fingerprint density at radius 1 is 1.37 bits per heavy atom. The molecule has 0 bridgehead atoms. The number of nitrogens with zero attached hydrogens (tertiary/aromatic N) is 1. The van der Waals surface area contributed by atoms with Gasteiger partial charge in [-0.1, -0.05) is 22.9 Å². The third kappa shape index (κ3) is 2.63. The fourth-order valence-electron chi connectivity index (χ4n) is 2.34. The van der Waals surface area contributed by atoms with Crippen LogP contribution in [0.3, 0.4) is 0 Å². The molecule has 0 aromatic heterocycles. The van der Waals surface area contributed by atoms with Gasteiger partial charge in [-0.15, -0.1) is 0 Å². The van der Waals surface area contributed by atoms with Gasteiger partial charge in [0.2, 0.25) is 0 Å². The minimum absolute atomic E-state index is 0.0105. The van der Waals surface area contributed by atoms with Crippen molar-refractivity contribution in [3.05, 3.63) is 35.1 Å². The maximum absolute atomic E-state index is 13.1. The van der Waals surface area contributed by atoms with E-state index in [1.807, 2.05) is 6.92 Å². The van der Waals surface area contributed by atoms with Crippen LogP contribution in [-0.4, -0.2) is 28.7 Å². The third-order valence-corrected chi connectivity index (χ3v) is 4.20. The number of carbonyl (C=O) groups excluding carboxylic acids is 1. The van der Waals surface area contributed by atoms with Crippen LogP contribution in [0.25, 0.3) is 0 Å². The highest BCUT2D eigenvalue weighted by molar-refractivity contribution is 9.09. The van der Waals surface area contributed by atoms with Gasteiger partial charge in [0, 0.05) is 23.5 Å². The molecule has 1 saturated heterocycles. The summed E-state index contributed by atoms with van der Waals surface area (Å²) in [4.78, 5) is 13.8. The summed E-state index contributed by atoms with van der Waals surface area (Å²) in [5.41, 5.74) is -0.156. The van der Waals surface area contributed by atoms with Crippen molar-refractivity contribution in [2.45, 2.75) is 19.4 Å². The predicted octanol–water partition coefficient (Wildman–Crippen LogP) is 3.35. The zero-order chi connectivity index (χ0) is 14.2. The minimum Gasteiger partial charge on any atom is -0.335 e. The summed E-state index contributed by atoms with van der Waals surface area (Å²) in [6, 6.07) is 1.48. The van der Waals surface area contributed by atoms with Crippen molar-refractivity contribution < 1.29 is 18.0 Å².